The molecule has 0 fully saturated rings. The van der Waals surface area contributed by atoms with Crippen molar-refractivity contribution >= 4 is 11.6 Å². The maximum Gasteiger partial charge on any atom is 0.122 e. The van der Waals surface area contributed by atoms with Crippen LogP contribution in [0.2, 0.25) is 5.02 Å². The SMILES string of the molecule is Oc1ccc(Cc2c(O)ccc(Cl)c2Cc2ccc(O)cc2O)c(O)c1. The summed E-state index contributed by atoms with van der Waals surface area (Å²) in [6, 6.07) is 11.5. The average molecular weight is 373 g/mol. The van der Waals surface area contributed by atoms with Gasteiger partial charge in [0, 0.05) is 35.6 Å². The molecule has 5 nitrogen and oxygen atoms in total. The van der Waals surface area contributed by atoms with E-state index in [9.17, 15) is 25.5 Å². The van der Waals surface area contributed by atoms with Gasteiger partial charge in [-0.3, -0.25) is 0 Å². The van der Waals surface area contributed by atoms with Crippen molar-refractivity contribution in [3.05, 3.63) is 75.8 Å². The van der Waals surface area contributed by atoms with Gasteiger partial charge >= 0.3 is 0 Å². The van der Waals surface area contributed by atoms with E-state index >= 15 is 0 Å². The molecule has 5 N–H and O–H groups in total. The molecule has 0 amide bonds. The minimum atomic E-state index is -0.0946. The number of phenols is 5. The number of hydrogen-bond donors (Lipinski definition) is 5. The zero-order valence-electron chi connectivity index (χ0n) is 13.6. The van der Waals surface area contributed by atoms with Crippen LogP contribution in [-0.2, 0) is 12.8 Å². The van der Waals surface area contributed by atoms with Crippen LogP contribution in [0, 0.1) is 0 Å². The van der Waals surface area contributed by atoms with E-state index in [0.717, 1.165) is 0 Å². The van der Waals surface area contributed by atoms with E-state index in [1.54, 1.807) is 18.2 Å². The van der Waals surface area contributed by atoms with Gasteiger partial charge in [0.25, 0.3) is 0 Å². The number of phenolic OH excluding ortho intramolecular Hbond substituents is 5. The first-order valence-corrected chi connectivity index (χ1v) is 8.24. The van der Waals surface area contributed by atoms with Crippen LogP contribution in [0.4, 0.5) is 0 Å². The molecule has 134 valence electrons. The second kappa shape index (κ2) is 7.06. The van der Waals surface area contributed by atoms with Crippen molar-refractivity contribution in [2.24, 2.45) is 0 Å². The lowest BCUT2D eigenvalue weighted by atomic mass is 9.93. The Hall–Kier alpha value is -3.05. The highest BCUT2D eigenvalue weighted by atomic mass is 35.5. The number of hydrogen-bond acceptors (Lipinski definition) is 5. The van der Waals surface area contributed by atoms with Crippen molar-refractivity contribution in [2.75, 3.05) is 0 Å². The molecule has 3 aromatic rings. The Bertz CT molecular complexity index is 890. The molecule has 0 aliphatic rings. The zero-order chi connectivity index (χ0) is 18.8. The zero-order valence-corrected chi connectivity index (χ0v) is 14.4. The molecule has 0 aliphatic carbocycles. The van der Waals surface area contributed by atoms with E-state index in [1.165, 1.54) is 30.3 Å². The van der Waals surface area contributed by atoms with Crippen molar-refractivity contribution in [2.45, 2.75) is 12.8 Å². The van der Waals surface area contributed by atoms with E-state index in [4.69, 9.17) is 11.6 Å². The molecule has 3 aromatic carbocycles. The Labute approximate surface area is 155 Å². The molecule has 0 radical (unpaired) electrons. The number of benzene rings is 3. The van der Waals surface area contributed by atoms with Gasteiger partial charge in [-0.25, -0.2) is 0 Å². The van der Waals surface area contributed by atoms with Crippen molar-refractivity contribution in [1.82, 2.24) is 0 Å². The molecule has 3 rings (SSSR count). The van der Waals surface area contributed by atoms with Crippen molar-refractivity contribution in [1.29, 1.82) is 0 Å². The van der Waals surface area contributed by atoms with Crippen molar-refractivity contribution < 1.29 is 25.5 Å². The highest BCUT2D eigenvalue weighted by molar-refractivity contribution is 6.31. The van der Waals surface area contributed by atoms with Crippen molar-refractivity contribution in [3.8, 4) is 28.7 Å². The van der Waals surface area contributed by atoms with Gasteiger partial charge in [-0.15, -0.1) is 0 Å². The van der Waals surface area contributed by atoms with Crippen LogP contribution < -0.4 is 0 Å². The Morgan fingerprint density at radius 2 is 1.08 bits per heavy atom. The Morgan fingerprint density at radius 1 is 0.577 bits per heavy atom. The maximum atomic E-state index is 10.3. The maximum absolute atomic E-state index is 10.3. The molecule has 0 aromatic heterocycles. The van der Waals surface area contributed by atoms with E-state index in [2.05, 4.69) is 0 Å². The Balaban J connectivity index is 2.03. The van der Waals surface area contributed by atoms with Gasteiger partial charge < -0.3 is 25.5 Å². The van der Waals surface area contributed by atoms with Gasteiger partial charge in [-0.1, -0.05) is 23.7 Å². The van der Waals surface area contributed by atoms with E-state index in [1.807, 2.05) is 0 Å². The largest absolute Gasteiger partial charge is 0.508 e. The summed E-state index contributed by atoms with van der Waals surface area (Å²) in [7, 11) is 0. The fourth-order valence-corrected chi connectivity index (χ4v) is 3.07. The predicted molar refractivity (Wildman–Crippen MR) is 98.3 cm³/mol. The topological polar surface area (TPSA) is 101 Å². The summed E-state index contributed by atoms with van der Waals surface area (Å²) in [5.74, 6) is -0.279. The van der Waals surface area contributed by atoms with Crippen LogP contribution in [0.5, 0.6) is 28.7 Å². The monoisotopic (exact) mass is 372 g/mol. The van der Waals surface area contributed by atoms with Gasteiger partial charge in [0.1, 0.15) is 28.7 Å². The molecule has 0 heterocycles. The second-order valence-corrected chi connectivity index (χ2v) is 6.41. The van der Waals surface area contributed by atoms with Crippen LogP contribution in [0.25, 0.3) is 0 Å². The summed E-state index contributed by atoms with van der Waals surface area (Å²) in [5.41, 5.74) is 2.15. The molecule has 6 heteroatoms. The highest BCUT2D eigenvalue weighted by Crippen LogP contribution is 2.36. The molecule has 0 saturated heterocycles. The van der Waals surface area contributed by atoms with Crippen molar-refractivity contribution in [3.63, 3.8) is 0 Å². The third-order valence-electron chi connectivity index (χ3n) is 4.22. The Kier molecular flexibility index (Phi) is 4.82. The minimum Gasteiger partial charge on any atom is -0.508 e. The number of halogens is 1. The fourth-order valence-electron chi connectivity index (χ4n) is 2.82. The predicted octanol–water partition coefficient (Wildman–Crippen LogP) is 4.05. The summed E-state index contributed by atoms with van der Waals surface area (Å²) < 4.78 is 0. The molecule has 26 heavy (non-hydrogen) atoms. The molecule has 0 aliphatic heterocycles. The summed E-state index contributed by atoms with van der Waals surface area (Å²) in [6.07, 6.45) is 0.417. The van der Waals surface area contributed by atoms with Crippen LogP contribution >= 0.6 is 11.6 Å². The molecular formula is C20H17ClO5. The molecular weight excluding hydrogens is 356 g/mol. The minimum absolute atomic E-state index is 0.00939. The van der Waals surface area contributed by atoms with Crippen LogP contribution in [0.15, 0.2) is 48.5 Å². The van der Waals surface area contributed by atoms with Gasteiger partial charge in [0.15, 0.2) is 0 Å². The highest BCUT2D eigenvalue weighted by Gasteiger charge is 2.17. The average Bonchev–Trinajstić information content (AvgIpc) is 2.58. The molecule has 0 bridgehead atoms. The summed E-state index contributed by atoms with van der Waals surface area (Å²) in [6.45, 7) is 0. The number of aromatic hydroxyl groups is 5. The fraction of sp³-hybridized carbons (Fsp3) is 0.100. The van der Waals surface area contributed by atoms with Gasteiger partial charge in [0.05, 0.1) is 0 Å². The first kappa shape index (κ1) is 17.8. The molecule has 0 spiro atoms. The quantitative estimate of drug-likeness (QED) is 0.475. The Morgan fingerprint density at radius 3 is 1.58 bits per heavy atom. The van der Waals surface area contributed by atoms with Crippen LogP contribution in [0.3, 0.4) is 0 Å². The number of rotatable bonds is 4. The third kappa shape index (κ3) is 3.63. The lowest BCUT2D eigenvalue weighted by molar-refractivity contribution is 0.444. The standard InChI is InChI=1S/C20H17ClO5/c21-17-5-6-18(24)16(8-12-2-4-14(23)10-20(12)26)15(17)7-11-1-3-13(22)9-19(11)25/h1-6,9-10,22-26H,7-8H2. The third-order valence-corrected chi connectivity index (χ3v) is 4.58. The summed E-state index contributed by atoms with van der Waals surface area (Å²) in [5, 5.41) is 49.6. The van der Waals surface area contributed by atoms with E-state index in [0.29, 0.717) is 27.3 Å². The lowest BCUT2D eigenvalue weighted by Crippen LogP contribution is -2.00. The molecule has 0 unspecified atom stereocenters. The van der Waals surface area contributed by atoms with E-state index in [-0.39, 0.29) is 41.6 Å². The molecule has 0 saturated carbocycles. The van der Waals surface area contributed by atoms with Crippen LogP contribution in [0.1, 0.15) is 22.3 Å². The van der Waals surface area contributed by atoms with E-state index < -0.39 is 0 Å². The summed E-state index contributed by atoms with van der Waals surface area (Å²) in [4.78, 5) is 0. The smallest absolute Gasteiger partial charge is 0.122 e. The van der Waals surface area contributed by atoms with Crippen LogP contribution in [-0.4, -0.2) is 25.5 Å². The van der Waals surface area contributed by atoms with Gasteiger partial charge in [-0.2, -0.15) is 0 Å². The second-order valence-electron chi connectivity index (χ2n) is 6.00. The summed E-state index contributed by atoms with van der Waals surface area (Å²) >= 11 is 6.32. The van der Waals surface area contributed by atoms with Gasteiger partial charge in [-0.05, 0) is 41.0 Å². The first-order chi connectivity index (χ1) is 12.3. The van der Waals surface area contributed by atoms with Gasteiger partial charge in [0.2, 0.25) is 0 Å². The lowest BCUT2D eigenvalue weighted by Gasteiger charge is -2.15. The first-order valence-electron chi connectivity index (χ1n) is 7.86. The molecule has 0 atom stereocenters. The normalized spacial score (nSPS) is 10.8.